The summed E-state index contributed by atoms with van der Waals surface area (Å²) < 4.78 is 7.13. The van der Waals surface area contributed by atoms with Gasteiger partial charge in [0.1, 0.15) is 12.4 Å². The topological polar surface area (TPSA) is 44.1 Å². The zero-order valence-corrected chi connectivity index (χ0v) is 10.4. The Morgan fingerprint density at radius 3 is 2.78 bits per heavy atom. The summed E-state index contributed by atoms with van der Waals surface area (Å²) in [5.41, 5.74) is 1.07. The van der Waals surface area contributed by atoms with Crippen LogP contribution in [0.4, 0.5) is 0 Å². The lowest BCUT2D eigenvalue weighted by molar-refractivity contribution is -0.121. The fraction of sp³-hybridized carbons (Fsp3) is 0.286. The Balaban J connectivity index is 1.73. The molecule has 1 aromatic carbocycles. The molecule has 0 aliphatic heterocycles. The van der Waals surface area contributed by atoms with Crippen LogP contribution in [0.25, 0.3) is 0 Å². The molecule has 18 heavy (non-hydrogen) atoms. The van der Waals surface area contributed by atoms with Crippen LogP contribution in [0.2, 0.25) is 0 Å². The molecule has 2 rings (SSSR count). The largest absolute Gasteiger partial charge is 0.486 e. The van der Waals surface area contributed by atoms with Gasteiger partial charge in [0.2, 0.25) is 0 Å². The quantitative estimate of drug-likeness (QED) is 0.780. The fourth-order valence-corrected chi connectivity index (χ4v) is 1.64. The lowest BCUT2D eigenvalue weighted by Crippen LogP contribution is -2.11. The fourth-order valence-electron chi connectivity index (χ4n) is 1.64. The van der Waals surface area contributed by atoms with E-state index in [2.05, 4.69) is 5.10 Å². The molecule has 0 radical (unpaired) electrons. The van der Waals surface area contributed by atoms with Crippen molar-refractivity contribution < 1.29 is 9.53 Å². The highest BCUT2D eigenvalue weighted by Gasteiger charge is 2.05. The minimum atomic E-state index is 0.0997. The van der Waals surface area contributed by atoms with Crippen molar-refractivity contribution in [2.45, 2.75) is 12.8 Å². The number of ether oxygens (including phenoxy) is 1. The molecule has 0 aliphatic carbocycles. The molecule has 0 spiro atoms. The highest BCUT2D eigenvalue weighted by atomic mass is 16.5. The third kappa shape index (κ3) is 3.73. The van der Waals surface area contributed by atoms with Crippen LogP contribution in [0.5, 0.6) is 5.75 Å². The number of para-hydroxylation sites is 1. The first-order valence-corrected chi connectivity index (χ1v) is 5.91. The smallest absolute Gasteiger partial charge is 0.170 e. The van der Waals surface area contributed by atoms with Gasteiger partial charge in [-0.1, -0.05) is 18.2 Å². The maximum atomic E-state index is 11.6. The molecule has 2 aromatic rings. The summed E-state index contributed by atoms with van der Waals surface area (Å²) >= 11 is 0. The zero-order chi connectivity index (χ0) is 12.8. The van der Waals surface area contributed by atoms with Crippen LogP contribution in [0.3, 0.4) is 0 Å². The predicted octanol–water partition coefficient (Wildman–Crippen LogP) is 2.00. The molecule has 0 saturated carbocycles. The van der Waals surface area contributed by atoms with Crippen molar-refractivity contribution in [3.63, 3.8) is 0 Å². The summed E-state index contributed by atoms with van der Waals surface area (Å²) in [7, 11) is 1.86. The van der Waals surface area contributed by atoms with Gasteiger partial charge in [0, 0.05) is 19.7 Å². The number of carbonyl (C=O) groups is 1. The molecule has 1 aromatic heterocycles. The molecule has 0 fully saturated rings. The second-order valence-corrected chi connectivity index (χ2v) is 4.16. The van der Waals surface area contributed by atoms with Gasteiger partial charge in [0.05, 0.1) is 6.20 Å². The van der Waals surface area contributed by atoms with Crippen molar-refractivity contribution >= 4 is 5.78 Å². The number of aryl methyl sites for hydroxylation is 2. The van der Waals surface area contributed by atoms with Gasteiger partial charge < -0.3 is 4.74 Å². The molecule has 1 heterocycles. The highest BCUT2D eigenvalue weighted by Crippen LogP contribution is 2.08. The van der Waals surface area contributed by atoms with Crippen molar-refractivity contribution in [1.82, 2.24) is 9.78 Å². The zero-order valence-electron chi connectivity index (χ0n) is 10.4. The number of aromatic nitrogens is 2. The molecule has 0 N–H and O–H groups in total. The van der Waals surface area contributed by atoms with Crippen LogP contribution in [-0.2, 0) is 18.3 Å². The second kappa shape index (κ2) is 6.00. The first kappa shape index (κ1) is 12.4. The van der Waals surface area contributed by atoms with Crippen LogP contribution in [0.15, 0.2) is 42.7 Å². The van der Waals surface area contributed by atoms with E-state index >= 15 is 0 Å². The number of nitrogens with zero attached hydrogens (tertiary/aromatic N) is 2. The number of ketones is 1. The first-order valence-electron chi connectivity index (χ1n) is 5.91. The average Bonchev–Trinajstić information content (AvgIpc) is 2.81. The molecule has 4 nitrogen and oxygen atoms in total. The molecule has 94 valence electrons. The van der Waals surface area contributed by atoms with Gasteiger partial charge in [-0.2, -0.15) is 5.10 Å². The van der Waals surface area contributed by atoms with E-state index < -0.39 is 0 Å². The molecule has 0 saturated heterocycles. The first-order chi connectivity index (χ1) is 8.74. The number of rotatable bonds is 6. The monoisotopic (exact) mass is 244 g/mol. The average molecular weight is 244 g/mol. The van der Waals surface area contributed by atoms with Gasteiger partial charge in [-0.3, -0.25) is 9.48 Å². The lowest BCUT2D eigenvalue weighted by Gasteiger charge is -2.04. The Bertz CT molecular complexity index is 506. The van der Waals surface area contributed by atoms with E-state index in [4.69, 9.17) is 4.74 Å². The van der Waals surface area contributed by atoms with E-state index in [1.807, 2.05) is 43.6 Å². The number of Topliss-reactive ketones (excluding diaryl/α,β-unsaturated/α-hetero) is 1. The summed E-state index contributed by atoms with van der Waals surface area (Å²) in [5.74, 6) is 0.829. The van der Waals surface area contributed by atoms with Gasteiger partial charge in [-0.15, -0.1) is 0 Å². The van der Waals surface area contributed by atoms with E-state index in [1.54, 1.807) is 10.9 Å². The Hall–Kier alpha value is -2.10. The van der Waals surface area contributed by atoms with Crippen molar-refractivity contribution in [3.05, 3.63) is 48.3 Å². The van der Waals surface area contributed by atoms with Gasteiger partial charge in [0.15, 0.2) is 5.78 Å². The maximum Gasteiger partial charge on any atom is 0.170 e. The Morgan fingerprint density at radius 2 is 2.11 bits per heavy atom. The molecule has 0 atom stereocenters. The van der Waals surface area contributed by atoms with E-state index in [-0.39, 0.29) is 12.4 Å². The van der Waals surface area contributed by atoms with E-state index in [9.17, 15) is 4.79 Å². The number of hydrogen-bond donors (Lipinski definition) is 0. The second-order valence-electron chi connectivity index (χ2n) is 4.16. The molecule has 0 aliphatic rings. The molecule has 0 bridgehead atoms. The summed E-state index contributed by atoms with van der Waals surface area (Å²) in [4.78, 5) is 11.6. The van der Waals surface area contributed by atoms with Crippen LogP contribution in [0, 0.1) is 0 Å². The van der Waals surface area contributed by atoms with Crippen molar-refractivity contribution in [2.24, 2.45) is 7.05 Å². The Morgan fingerprint density at radius 1 is 1.33 bits per heavy atom. The van der Waals surface area contributed by atoms with Gasteiger partial charge in [-0.25, -0.2) is 0 Å². The molecule has 0 unspecified atom stereocenters. The Labute approximate surface area is 106 Å². The van der Waals surface area contributed by atoms with Gasteiger partial charge in [0.25, 0.3) is 0 Å². The van der Waals surface area contributed by atoms with Crippen molar-refractivity contribution in [1.29, 1.82) is 0 Å². The summed E-state index contributed by atoms with van der Waals surface area (Å²) in [6.45, 7) is 0.129. The van der Waals surface area contributed by atoms with Crippen molar-refractivity contribution in [2.75, 3.05) is 6.61 Å². The van der Waals surface area contributed by atoms with Crippen LogP contribution < -0.4 is 4.74 Å². The minimum Gasteiger partial charge on any atom is -0.486 e. The predicted molar refractivity (Wildman–Crippen MR) is 68.5 cm³/mol. The van der Waals surface area contributed by atoms with Crippen LogP contribution >= 0.6 is 0 Å². The van der Waals surface area contributed by atoms with Gasteiger partial charge >= 0.3 is 0 Å². The van der Waals surface area contributed by atoms with Crippen LogP contribution in [0.1, 0.15) is 12.0 Å². The summed E-state index contributed by atoms with van der Waals surface area (Å²) in [6, 6.07) is 9.37. The third-order valence-corrected chi connectivity index (χ3v) is 2.59. The maximum absolute atomic E-state index is 11.6. The molecule has 0 amide bonds. The SMILES string of the molecule is Cn1cc(CCC(=O)COc2ccccc2)cn1. The highest BCUT2D eigenvalue weighted by molar-refractivity contribution is 5.80. The van der Waals surface area contributed by atoms with Gasteiger partial charge in [-0.05, 0) is 24.1 Å². The van der Waals surface area contributed by atoms with E-state index in [0.717, 1.165) is 11.3 Å². The summed E-state index contributed by atoms with van der Waals surface area (Å²) in [5, 5.41) is 4.06. The van der Waals surface area contributed by atoms with Crippen LogP contribution in [-0.4, -0.2) is 22.2 Å². The lowest BCUT2D eigenvalue weighted by atomic mass is 10.1. The Kier molecular flexibility index (Phi) is 4.12. The molecular formula is C14H16N2O2. The van der Waals surface area contributed by atoms with Crippen molar-refractivity contribution in [3.8, 4) is 5.75 Å². The standard InChI is InChI=1S/C14H16N2O2/c1-16-10-12(9-15-16)7-8-13(17)11-18-14-5-3-2-4-6-14/h2-6,9-10H,7-8,11H2,1H3. The molecular weight excluding hydrogens is 228 g/mol. The van der Waals surface area contributed by atoms with E-state index in [1.165, 1.54) is 0 Å². The normalized spacial score (nSPS) is 10.3. The summed E-state index contributed by atoms with van der Waals surface area (Å²) in [6.07, 6.45) is 4.90. The third-order valence-electron chi connectivity index (χ3n) is 2.59. The minimum absolute atomic E-state index is 0.0997. The number of carbonyl (C=O) groups excluding carboxylic acids is 1. The number of hydrogen-bond acceptors (Lipinski definition) is 3. The number of benzene rings is 1. The molecule has 4 heteroatoms. The van der Waals surface area contributed by atoms with E-state index in [0.29, 0.717) is 12.8 Å².